The molecule has 2 rings (SSSR count). The smallest absolute Gasteiger partial charge is 0.0677 e. The van der Waals surface area contributed by atoms with Crippen LogP contribution in [0.4, 0.5) is 0 Å². The molecule has 0 unspecified atom stereocenters. The van der Waals surface area contributed by atoms with Gasteiger partial charge in [0.2, 0.25) is 0 Å². The van der Waals surface area contributed by atoms with Gasteiger partial charge in [0.15, 0.2) is 0 Å². The summed E-state index contributed by atoms with van der Waals surface area (Å²) in [6.45, 7) is 6.83. The molecule has 16 heavy (non-hydrogen) atoms. The second-order valence-electron chi connectivity index (χ2n) is 4.18. The molecule has 1 aromatic heterocycles. The molecule has 0 fully saturated rings. The summed E-state index contributed by atoms with van der Waals surface area (Å²) in [5, 5.41) is 5.24. The highest BCUT2D eigenvalue weighted by molar-refractivity contribution is 6.31. The van der Waals surface area contributed by atoms with Gasteiger partial charge in [-0.3, -0.25) is 4.68 Å². The predicted octanol–water partition coefficient (Wildman–Crippen LogP) is 3.51. The Bertz CT molecular complexity index is 515. The van der Waals surface area contributed by atoms with Gasteiger partial charge in [0.25, 0.3) is 0 Å². The second kappa shape index (κ2) is 4.30. The molecule has 0 saturated heterocycles. The van der Waals surface area contributed by atoms with Crippen molar-refractivity contribution in [3.8, 4) is 0 Å². The lowest BCUT2D eigenvalue weighted by atomic mass is 10.1. The summed E-state index contributed by atoms with van der Waals surface area (Å²) in [6, 6.07) is 8.20. The van der Waals surface area contributed by atoms with Crippen molar-refractivity contribution in [2.45, 2.75) is 27.3 Å². The zero-order chi connectivity index (χ0) is 11.7. The van der Waals surface area contributed by atoms with Crippen molar-refractivity contribution >= 4 is 11.6 Å². The Hall–Kier alpha value is -1.28. The molecule has 84 valence electrons. The molecule has 2 nitrogen and oxygen atoms in total. The summed E-state index contributed by atoms with van der Waals surface area (Å²) in [5.41, 5.74) is 4.50. The van der Waals surface area contributed by atoms with Crippen molar-refractivity contribution < 1.29 is 0 Å². The largest absolute Gasteiger partial charge is 0.265 e. The number of aromatic nitrogens is 2. The molecular weight excluding hydrogens is 220 g/mol. The molecule has 0 amide bonds. The summed E-state index contributed by atoms with van der Waals surface area (Å²) in [6.07, 6.45) is 0. The summed E-state index contributed by atoms with van der Waals surface area (Å²) >= 11 is 6.20. The predicted molar refractivity (Wildman–Crippen MR) is 67.0 cm³/mol. The van der Waals surface area contributed by atoms with E-state index in [1.807, 2.05) is 24.6 Å². The van der Waals surface area contributed by atoms with Gasteiger partial charge in [-0.25, -0.2) is 0 Å². The fourth-order valence-electron chi connectivity index (χ4n) is 1.78. The molecule has 0 aliphatic carbocycles. The zero-order valence-electron chi connectivity index (χ0n) is 9.79. The van der Waals surface area contributed by atoms with E-state index in [1.165, 1.54) is 5.56 Å². The van der Waals surface area contributed by atoms with Crippen molar-refractivity contribution in [1.82, 2.24) is 9.78 Å². The van der Waals surface area contributed by atoms with Crippen molar-refractivity contribution in [2.24, 2.45) is 0 Å². The van der Waals surface area contributed by atoms with Crippen LogP contribution in [0.2, 0.25) is 5.02 Å². The molecule has 0 aliphatic heterocycles. The molecule has 2 aromatic rings. The highest BCUT2D eigenvalue weighted by Gasteiger charge is 2.05. The molecule has 0 saturated carbocycles. The minimum absolute atomic E-state index is 0.735. The quantitative estimate of drug-likeness (QED) is 0.778. The van der Waals surface area contributed by atoms with Gasteiger partial charge in [-0.15, -0.1) is 0 Å². The molecule has 0 N–H and O–H groups in total. The fourth-order valence-corrected chi connectivity index (χ4v) is 2.07. The Morgan fingerprint density at radius 3 is 2.50 bits per heavy atom. The average molecular weight is 235 g/mol. The van der Waals surface area contributed by atoms with Gasteiger partial charge in [0, 0.05) is 10.7 Å². The fraction of sp³-hybridized carbons (Fsp3) is 0.308. The first-order chi connectivity index (χ1) is 7.56. The summed E-state index contributed by atoms with van der Waals surface area (Å²) in [4.78, 5) is 0. The van der Waals surface area contributed by atoms with E-state index in [1.54, 1.807) is 0 Å². The van der Waals surface area contributed by atoms with Crippen molar-refractivity contribution in [2.75, 3.05) is 0 Å². The first kappa shape index (κ1) is 11.2. The van der Waals surface area contributed by atoms with Crippen molar-refractivity contribution in [3.05, 3.63) is 51.8 Å². The van der Waals surface area contributed by atoms with Gasteiger partial charge in [-0.05, 0) is 44.0 Å². The number of benzene rings is 1. The van der Waals surface area contributed by atoms with Crippen LogP contribution in [0.1, 0.15) is 22.5 Å². The zero-order valence-corrected chi connectivity index (χ0v) is 10.5. The number of rotatable bonds is 2. The normalized spacial score (nSPS) is 10.8. The van der Waals surface area contributed by atoms with Gasteiger partial charge in [-0.1, -0.05) is 23.7 Å². The molecular formula is C13H15ClN2. The summed E-state index contributed by atoms with van der Waals surface area (Å²) < 4.78 is 1.98. The van der Waals surface area contributed by atoms with Crippen LogP contribution in [0.15, 0.2) is 24.3 Å². The first-order valence-electron chi connectivity index (χ1n) is 5.32. The summed E-state index contributed by atoms with van der Waals surface area (Å²) in [5.74, 6) is 0. The monoisotopic (exact) mass is 234 g/mol. The molecule has 0 atom stereocenters. The Balaban J connectivity index is 2.30. The van der Waals surface area contributed by atoms with Crippen molar-refractivity contribution in [3.63, 3.8) is 0 Å². The highest BCUT2D eigenvalue weighted by Crippen LogP contribution is 2.19. The van der Waals surface area contributed by atoms with E-state index in [2.05, 4.69) is 30.2 Å². The van der Waals surface area contributed by atoms with Gasteiger partial charge in [0.1, 0.15) is 0 Å². The van der Waals surface area contributed by atoms with E-state index in [0.717, 1.165) is 28.5 Å². The van der Waals surface area contributed by atoms with E-state index < -0.39 is 0 Å². The minimum atomic E-state index is 0.735. The van der Waals surface area contributed by atoms with Crippen LogP contribution >= 0.6 is 11.6 Å². The molecule has 1 heterocycles. The Kier molecular flexibility index (Phi) is 3.01. The highest BCUT2D eigenvalue weighted by atomic mass is 35.5. The van der Waals surface area contributed by atoms with E-state index in [9.17, 15) is 0 Å². The van der Waals surface area contributed by atoms with Gasteiger partial charge >= 0.3 is 0 Å². The minimum Gasteiger partial charge on any atom is -0.265 e. The Morgan fingerprint density at radius 2 is 1.94 bits per heavy atom. The number of nitrogens with zero attached hydrogens (tertiary/aromatic N) is 2. The molecule has 0 aliphatic rings. The third-order valence-corrected chi connectivity index (χ3v) is 2.98. The van der Waals surface area contributed by atoms with Crippen LogP contribution in [-0.4, -0.2) is 9.78 Å². The lowest BCUT2D eigenvalue weighted by Crippen LogP contribution is -2.04. The van der Waals surface area contributed by atoms with Crippen LogP contribution in [0.3, 0.4) is 0 Å². The third kappa shape index (κ3) is 2.27. The maximum Gasteiger partial charge on any atom is 0.0677 e. The molecule has 0 bridgehead atoms. The number of hydrogen-bond donors (Lipinski definition) is 0. The third-order valence-electron chi connectivity index (χ3n) is 2.63. The maximum absolute atomic E-state index is 6.20. The summed E-state index contributed by atoms with van der Waals surface area (Å²) in [7, 11) is 0. The molecule has 3 heteroatoms. The number of halogens is 1. The first-order valence-corrected chi connectivity index (χ1v) is 5.70. The SMILES string of the molecule is Cc1ccc(Cn2nc(C)cc2C)c(Cl)c1. The van der Waals surface area contributed by atoms with Crippen LogP contribution in [0.25, 0.3) is 0 Å². The molecule has 1 aromatic carbocycles. The molecule has 0 spiro atoms. The maximum atomic E-state index is 6.20. The second-order valence-corrected chi connectivity index (χ2v) is 4.59. The topological polar surface area (TPSA) is 17.8 Å². The van der Waals surface area contributed by atoms with E-state index in [-0.39, 0.29) is 0 Å². The van der Waals surface area contributed by atoms with Crippen molar-refractivity contribution in [1.29, 1.82) is 0 Å². The van der Waals surface area contributed by atoms with Crippen LogP contribution < -0.4 is 0 Å². The van der Waals surface area contributed by atoms with Gasteiger partial charge in [0.05, 0.1) is 12.2 Å². The van der Waals surface area contributed by atoms with E-state index in [0.29, 0.717) is 0 Å². The lowest BCUT2D eigenvalue weighted by molar-refractivity contribution is 0.659. The van der Waals surface area contributed by atoms with Crippen LogP contribution in [0.5, 0.6) is 0 Å². The number of aryl methyl sites for hydroxylation is 3. The van der Waals surface area contributed by atoms with Crippen LogP contribution in [-0.2, 0) is 6.54 Å². The average Bonchev–Trinajstić information content (AvgIpc) is 2.50. The number of hydrogen-bond acceptors (Lipinski definition) is 1. The molecule has 0 radical (unpaired) electrons. The Labute approximate surface area is 101 Å². The lowest BCUT2D eigenvalue weighted by Gasteiger charge is -2.07. The van der Waals surface area contributed by atoms with E-state index in [4.69, 9.17) is 11.6 Å². The standard InChI is InChI=1S/C13H15ClN2/c1-9-4-5-12(13(14)6-9)8-16-11(3)7-10(2)15-16/h4-7H,8H2,1-3H3. The Morgan fingerprint density at radius 1 is 1.19 bits per heavy atom. The van der Waals surface area contributed by atoms with E-state index >= 15 is 0 Å². The van der Waals surface area contributed by atoms with Gasteiger partial charge in [-0.2, -0.15) is 5.10 Å². The van der Waals surface area contributed by atoms with Gasteiger partial charge < -0.3 is 0 Å². The van der Waals surface area contributed by atoms with Crippen LogP contribution in [0, 0.1) is 20.8 Å².